The minimum absolute atomic E-state index is 0.189. The molecule has 0 spiro atoms. The molecule has 0 amide bonds. The monoisotopic (exact) mass is 501 g/mol. The Kier molecular flexibility index (Phi) is 9.00. The van der Waals surface area contributed by atoms with Crippen LogP contribution in [0.1, 0.15) is 6.92 Å². The summed E-state index contributed by atoms with van der Waals surface area (Å²) in [5.41, 5.74) is 0. The Morgan fingerprint density at radius 1 is 0.639 bits per heavy atom. The first-order valence-electron chi connectivity index (χ1n) is 11.6. The molecule has 4 rings (SSSR count). The molecule has 0 heterocycles. The highest BCUT2D eigenvalue weighted by Gasteiger charge is 2.14. The maximum atomic E-state index is 6.08. The second kappa shape index (κ2) is 13.0. The van der Waals surface area contributed by atoms with Gasteiger partial charge in [-0.3, -0.25) is 0 Å². The molecule has 0 aliphatic rings. The van der Waals surface area contributed by atoms with Crippen LogP contribution < -0.4 is 24.3 Å². The third-order valence-corrected chi connectivity index (χ3v) is 5.07. The summed E-state index contributed by atoms with van der Waals surface area (Å²) in [4.78, 5) is 0. The average molecular weight is 502 g/mol. The summed E-state index contributed by atoms with van der Waals surface area (Å²) in [6.45, 7) is 2.51. The molecule has 0 fully saturated rings. The van der Waals surface area contributed by atoms with Crippen LogP contribution in [0.5, 0.6) is 34.5 Å². The fraction of sp³-hybridized carbons (Fsp3) is 0.138. The van der Waals surface area contributed by atoms with Gasteiger partial charge in [0.25, 0.3) is 5.17 Å². The molecule has 4 aromatic rings. The van der Waals surface area contributed by atoms with Crippen LogP contribution >= 0.6 is 12.2 Å². The van der Waals surface area contributed by atoms with Crippen molar-refractivity contribution >= 4 is 17.4 Å². The van der Waals surface area contributed by atoms with E-state index in [0.29, 0.717) is 23.9 Å². The number of benzene rings is 4. The van der Waals surface area contributed by atoms with Gasteiger partial charge < -0.3 is 29.0 Å². The molecule has 1 atom stereocenters. The number of hydrogen-bond acceptors (Lipinski definition) is 6. The van der Waals surface area contributed by atoms with Crippen molar-refractivity contribution in [1.29, 1.82) is 0 Å². The molecule has 36 heavy (non-hydrogen) atoms. The number of rotatable bonds is 11. The van der Waals surface area contributed by atoms with Gasteiger partial charge >= 0.3 is 0 Å². The molecule has 0 radical (unpaired) electrons. The first-order chi connectivity index (χ1) is 17.7. The molecule has 6 nitrogen and oxygen atoms in total. The number of hydrogen-bond donors (Lipinski definition) is 1. The lowest BCUT2D eigenvalue weighted by Gasteiger charge is -2.22. The smallest absolute Gasteiger partial charge is 0.259 e. The Morgan fingerprint density at radius 3 is 1.58 bits per heavy atom. The van der Waals surface area contributed by atoms with Gasteiger partial charge in [-0.15, -0.1) is 0 Å². The van der Waals surface area contributed by atoms with Gasteiger partial charge in [-0.05, 0) is 91.9 Å². The standard InChI is InChI=1S/C29H27NO5S/c1-2-31-29(36)30-28(35-27-19-17-26(18-20-27)34-24-11-7-4-8-12-24)21-32-22-13-15-25(16-14-22)33-23-9-5-3-6-10-23/h3-20,28H,2,21H2,1H3,(H,30,36). The van der Waals surface area contributed by atoms with Crippen molar-refractivity contribution in [1.82, 2.24) is 5.32 Å². The molecular formula is C29H27NO5S. The largest absolute Gasteiger partial charge is 0.488 e. The predicted molar refractivity (Wildman–Crippen MR) is 143 cm³/mol. The average Bonchev–Trinajstić information content (AvgIpc) is 2.90. The molecule has 0 bridgehead atoms. The molecule has 0 saturated heterocycles. The molecule has 0 aromatic heterocycles. The first-order valence-corrected chi connectivity index (χ1v) is 12.0. The second-order valence-electron chi connectivity index (χ2n) is 7.56. The van der Waals surface area contributed by atoms with E-state index in [9.17, 15) is 0 Å². The fourth-order valence-electron chi connectivity index (χ4n) is 3.18. The SMILES string of the molecule is CCOC(=S)NC(COc1ccc(Oc2ccccc2)cc1)Oc1ccc(Oc2ccccc2)cc1. The lowest BCUT2D eigenvalue weighted by atomic mass is 10.3. The molecule has 4 aromatic carbocycles. The maximum absolute atomic E-state index is 6.08. The van der Waals surface area contributed by atoms with Crippen molar-refractivity contribution in [2.45, 2.75) is 13.2 Å². The molecule has 0 saturated carbocycles. The van der Waals surface area contributed by atoms with Crippen LogP contribution in [0.2, 0.25) is 0 Å². The summed E-state index contributed by atoms with van der Waals surface area (Å²) in [6.07, 6.45) is -0.579. The second-order valence-corrected chi connectivity index (χ2v) is 7.93. The first kappa shape index (κ1) is 24.9. The third-order valence-electron chi connectivity index (χ3n) is 4.84. The van der Waals surface area contributed by atoms with Crippen molar-refractivity contribution < 1.29 is 23.7 Å². The zero-order valence-electron chi connectivity index (χ0n) is 19.8. The summed E-state index contributed by atoms with van der Waals surface area (Å²) >= 11 is 5.24. The summed E-state index contributed by atoms with van der Waals surface area (Å²) in [5.74, 6) is 4.25. The van der Waals surface area contributed by atoms with Gasteiger partial charge in [0.1, 0.15) is 41.1 Å². The van der Waals surface area contributed by atoms with Gasteiger partial charge in [0, 0.05) is 0 Å². The number of para-hydroxylation sites is 2. The van der Waals surface area contributed by atoms with E-state index in [1.807, 2.05) is 116 Å². The summed E-state index contributed by atoms with van der Waals surface area (Å²) in [5, 5.41) is 3.28. The topological polar surface area (TPSA) is 58.2 Å². The normalized spacial score (nSPS) is 11.1. The van der Waals surface area contributed by atoms with E-state index in [1.165, 1.54) is 0 Å². The molecular weight excluding hydrogens is 474 g/mol. The van der Waals surface area contributed by atoms with E-state index in [2.05, 4.69) is 5.32 Å². The van der Waals surface area contributed by atoms with E-state index in [-0.39, 0.29) is 11.8 Å². The summed E-state index contributed by atoms with van der Waals surface area (Å²) in [7, 11) is 0. The Labute approximate surface area is 216 Å². The van der Waals surface area contributed by atoms with Crippen molar-refractivity contribution in [2.75, 3.05) is 13.2 Å². The highest BCUT2D eigenvalue weighted by molar-refractivity contribution is 7.80. The quantitative estimate of drug-likeness (QED) is 0.176. The zero-order valence-corrected chi connectivity index (χ0v) is 20.6. The predicted octanol–water partition coefficient (Wildman–Crippen LogP) is 6.97. The van der Waals surface area contributed by atoms with E-state index in [4.69, 9.17) is 35.9 Å². The van der Waals surface area contributed by atoms with Gasteiger partial charge in [0.2, 0.25) is 6.23 Å². The Bertz CT molecular complexity index is 1200. The molecule has 184 valence electrons. The lowest BCUT2D eigenvalue weighted by Crippen LogP contribution is -2.43. The molecule has 1 N–H and O–H groups in total. The van der Waals surface area contributed by atoms with Crippen LogP contribution in [0.3, 0.4) is 0 Å². The minimum Gasteiger partial charge on any atom is -0.488 e. The van der Waals surface area contributed by atoms with E-state index >= 15 is 0 Å². The van der Waals surface area contributed by atoms with Gasteiger partial charge in [0.05, 0.1) is 6.61 Å². The van der Waals surface area contributed by atoms with Crippen LogP contribution in [0.25, 0.3) is 0 Å². The van der Waals surface area contributed by atoms with E-state index in [0.717, 1.165) is 17.2 Å². The minimum atomic E-state index is -0.579. The van der Waals surface area contributed by atoms with Crippen molar-refractivity contribution in [3.8, 4) is 34.5 Å². The highest BCUT2D eigenvalue weighted by Crippen LogP contribution is 2.25. The fourth-order valence-corrected chi connectivity index (χ4v) is 3.43. The molecule has 7 heteroatoms. The zero-order chi connectivity index (χ0) is 25.0. The van der Waals surface area contributed by atoms with E-state index < -0.39 is 6.23 Å². The van der Waals surface area contributed by atoms with E-state index in [1.54, 1.807) is 0 Å². The summed E-state index contributed by atoms with van der Waals surface area (Å²) in [6, 6.07) is 33.9. The maximum Gasteiger partial charge on any atom is 0.259 e. The Hall–Kier alpha value is -4.23. The van der Waals surface area contributed by atoms with Gasteiger partial charge in [-0.1, -0.05) is 36.4 Å². The number of thiocarbonyl (C=S) groups is 1. The van der Waals surface area contributed by atoms with Crippen LogP contribution in [0, 0.1) is 0 Å². The lowest BCUT2D eigenvalue weighted by molar-refractivity contribution is 0.110. The third kappa shape index (κ3) is 7.92. The van der Waals surface area contributed by atoms with Crippen LogP contribution in [0.4, 0.5) is 0 Å². The Morgan fingerprint density at radius 2 is 1.08 bits per heavy atom. The van der Waals surface area contributed by atoms with Crippen LogP contribution in [0.15, 0.2) is 109 Å². The van der Waals surface area contributed by atoms with Gasteiger partial charge in [-0.25, -0.2) is 0 Å². The van der Waals surface area contributed by atoms with Crippen LogP contribution in [-0.2, 0) is 4.74 Å². The molecule has 0 aliphatic heterocycles. The number of nitrogens with one attached hydrogen (secondary N) is 1. The van der Waals surface area contributed by atoms with Crippen molar-refractivity contribution in [3.05, 3.63) is 109 Å². The van der Waals surface area contributed by atoms with Crippen LogP contribution in [-0.4, -0.2) is 24.6 Å². The van der Waals surface area contributed by atoms with Gasteiger partial charge in [-0.2, -0.15) is 0 Å². The molecule has 1 unspecified atom stereocenters. The van der Waals surface area contributed by atoms with Crippen molar-refractivity contribution in [3.63, 3.8) is 0 Å². The number of ether oxygens (including phenoxy) is 5. The summed E-state index contributed by atoms with van der Waals surface area (Å²) < 4.78 is 29.1. The molecule has 0 aliphatic carbocycles. The van der Waals surface area contributed by atoms with Gasteiger partial charge in [0.15, 0.2) is 0 Å². The van der Waals surface area contributed by atoms with Crippen molar-refractivity contribution in [2.24, 2.45) is 0 Å². The highest BCUT2D eigenvalue weighted by atomic mass is 32.1. The Balaban J connectivity index is 1.35.